The zero-order valence-electron chi connectivity index (χ0n) is 15.4. The average Bonchev–Trinajstić information content (AvgIpc) is 2.71. The summed E-state index contributed by atoms with van der Waals surface area (Å²) in [5, 5.41) is 0. The van der Waals surface area contributed by atoms with Gasteiger partial charge in [-0.3, -0.25) is 9.52 Å². The van der Waals surface area contributed by atoms with E-state index in [0.717, 1.165) is 5.56 Å². The molecule has 150 valence electrons. The van der Waals surface area contributed by atoms with Crippen LogP contribution < -0.4 is 9.46 Å². The summed E-state index contributed by atoms with van der Waals surface area (Å²) in [6.45, 7) is 1.60. The second kappa shape index (κ2) is 8.75. The van der Waals surface area contributed by atoms with Crippen molar-refractivity contribution in [3.63, 3.8) is 0 Å². The molecule has 0 atom stereocenters. The smallest absolute Gasteiger partial charge is 0.310 e. The Morgan fingerprint density at radius 2 is 1.76 bits per heavy atom. The number of nitrogens with one attached hydrogen (secondary N) is 1. The highest BCUT2D eigenvalue weighted by Gasteiger charge is 2.23. The van der Waals surface area contributed by atoms with Gasteiger partial charge in [-0.05, 0) is 41.5 Å². The summed E-state index contributed by atoms with van der Waals surface area (Å²) in [4.78, 5) is 11.4. The Morgan fingerprint density at radius 3 is 2.45 bits per heavy atom. The number of hydrogen-bond donors (Lipinski definition) is 1. The van der Waals surface area contributed by atoms with Gasteiger partial charge in [0.05, 0.1) is 5.69 Å². The normalized spacial score (nSPS) is 11.1. The average molecular weight is 478 g/mol. The van der Waals surface area contributed by atoms with Crippen LogP contribution in [-0.2, 0) is 14.8 Å². The van der Waals surface area contributed by atoms with Crippen molar-refractivity contribution in [2.45, 2.75) is 18.2 Å². The van der Waals surface area contributed by atoms with Crippen molar-refractivity contribution in [1.29, 1.82) is 0 Å². The zero-order chi connectivity index (χ0) is 21.0. The molecule has 0 aliphatic carbocycles. The molecule has 0 aliphatic heterocycles. The summed E-state index contributed by atoms with van der Waals surface area (Å²) in [6, 6.07) is 17.6. The minimum absolute atomic E-state index is 0.0801. The number of rotatable bonds is 6. The summed E-state index contributed by atoms with van der Waals surface area (Å²) in [5.41, 5.74) is 1.25. The van der Waals surface area contributed by atoms with E-state index in [9.17, 15) is 17.6 Å². The quantitative estimate of drug-likeness (QED) is 0.382. The molecule has 3 aromatic rings. The van der Waals surface area contributed by atoms with E-state index in [1.165, 1.54) is 24.3 Å². The first-order valence-corrected chi connectivity index (χ1v) is 11.0. The van der Waals surface area contributed by atoms with Crippen LogP contribution in [0.2, 0.25) is 0 Å². The Balaban J connectivity index is 2.00. The third-order valence-electron chi connectivity index (χ3n) is 4.03. The maximum absolute atomic E-state index is 14.4. The third-order valence-corrected chi connectivity index (χ3v) is 5.91. The number of benzene rings is 3. The highest BCUT2D eigenvalue weighted by atomic mass is 79.9. The van der Waals surface area contributed by atoms with Crippen molar-refractivity contribution in [2.24, 2.45) is 0 Å². The lowest BCUT2D eigenvalue weighted by molar-refractivity contribution is -0.134. The molecule has 0 heterocycles. The molecule has 0 fully saturated rings. The summed E-state index contributed by atoms with van der Waals surface area (Å²) in [5.74, 6) is -1.44. The number of ether oxygens (including phenoxy) is 1. The van der Waals surface area contributed by atoms with E-state index in [0.29, 0.717) is 10.0 Å². The molecule has 8 heteroatoms. The molecule has 0 spiro atoms. The lowest BCUT2D eigenvalue weighted by Gasteiger charge is -2.14. The van der Waals surface area contributed by atoms with E-state index in [4.69, 9.17) is 4.74 Å². The van der Waals surface area contributed by atoms with Gasteiger partial charge in [-0.25, -0.2) is 12.8 Å². The number of hydrogen-bond acceptors (Lipinski definition) is 4. The SMILES string of the molecule is CCC(=O)Oc1ccc(Br)cc1S(=O)(=O)Nc1cc(-c2ccccc2)ccc1F. The highest BCUT2D eigenvalue weighted by molar-refractivity contribution is 9.10. The molecule has 0 aliphatic rings. The summed E-state index contributed by atoms with van der Waals surface area (Å²) in [7, 11) is -4.24. The topological polar surface area (TPSA) is 72.5 Å². The van der Waals surface area contributed by atoms with E-state index in [1.54, 1.807) is 19.1 Å². The fourth-order valence-electron chi connectivity index (χ4n) is 2.58. The molecular formula is C21H17BrFNO4S. The van der Waals surface area contributed by atoms with Crippen LogP contribution in [0.5, 0.6) is 5.75 Å². The minimum Gasteiger partial charge on any atom is -0.425 e. The molecule has 0 saturated heterocycles. The molecule has 0 bridgehead atoms. The van der Waals surface area contributed by atoms with Crippen LogP contribution in [0.15, 0.2) is 76.1 Å². The van der Waals surface area contributed by atoms with Gasteiger partial charge in [0.1, 0.15) is 10.7 Å². The lowest BCUT2D eigenvalue weighted by Crippen LogP contribution is -2.17. The van der Waals surface area contributed by atoms with E-state index in [-0.39, 0.29) is 22.8 Å². The van der Waals surface area contributed by atoms with E-state index >= 15 is 0 Å². The second-order valence-corrected chi connectivity index (χ2v) is 8.65. The highest BCUT2D eigenvalue weighted by Crippen LogP contribution is 2.31. The van der Waals surface area contributed by atoms with E-state index < -0.39 is 21.8 Å². The van der Waals surface area contributed by atoms with Gasteiger partial charge in [-0.2, -0.15) is 0 Å². The minimum atomic E-state index is -4.24. The predicted octanol–water partition coefficient (Wildman–Crippen LogP) is 5.37. The van der Waals surface area contributed by atoms with Gasteiger partial charge in [0, 0.05) is 10.9 Å². The predicted molar refractivity (Wildman–Crippen MR) is 113 cm³/mol. The van der Waals surface area contributed by atoms with Gasteiger partial charge < -0.3 is 4.74 Å². The maximum Gasteiger partial charge on any atom is 0.310 e. The van der Waals surface area contributed by atoms with E-state index in [1.807, 2.05) is 30.3 Å². The van der Waals surface area contributed by atoms with Gasteiger partial charge in [0.2, 0.25) is 0 Å². The largest absolute Gasteiger partial charge is 0.425 e. The van der Waals surface area contributed by atoms with Crippen LogP contribution in [0, 0.1) is 5.82 Å². The lowest BCUT2D eigenvalue weighted by atomic mass is 10.1. The number of halogens is 2. The van der Waals surface area contributed by atoms with Crippen LogP contribution in [0.4, 0.5) is 10.1 Å². The molecular weight excluding hydrogens is 461 g/mol. The first kappa shape index (κ1) is 21.0. The van der Waals surface area contributed by atoms with E-state index in [2.05, 4.69) is 20.7 Å². The Morgan fingerprint density at radius 1 is 1.03 bits per heavy atom. The van der Waals surface area contributed by atoms with Crippen molar-refractivity contribution in [3.05, 3.63) is 77.0 Å². The summed E-state index contributed by atoms with van der Waals surface area (Å²) in [6.07, 6.45) is 0.0801. The Hall–Kier alpha value is -2.71. The first-order chi connectivity index (χ1) is 13.8. The standard InChI is InChI=1S/C21H17BrFNO4S/c1-2-21(25)28-19-11-9-16(22)13-20(19)29(26,27)24-18-12-15(8-10-17(18)23)14-6-4-3-5-7-14/h3-13,24H,2H2,1H3. The van der Waals surface area contributed by atoms with Crippen LogP contribution in [0.1, 0.15) is 13.3 Å². The fraction of sp³-hybridized carbons (Fsp3) is 0.0952. The van der Waals surface area contributed by atoms with Crippen LogP contribution in [0.3, 0.4) is 0 Å². The van der Waals surface area contributed by atoms with Gasteiger partial charge in [-0.1, -0.05) is 59.3 Å². The number of carbonyl (C=O) groups excluding carboxylic acids is 1. The molecule has 3 aromatic carbocycles. The molecule has 0 radical (unpaired) electrons. The third kappa shape index (κ3) is 5.02. The molecule has 3 rings (SSSR count). The monoisotopic (exact) mass is 477 g/mol. The van der Waals surface area contributed by atoms with Crippen molar-refractivity contribution in [3.8, 4) is 16.9 Å². The van der Waals surface area contributed by atoms with Crippen LogP contribution in [0.25, 0.3) is 11.1 Å². The maximum atomic E-state index is 14.4. The van der Waals surface area contributed by atoms with Crippen molar-refractivity contribution in [2.75, 3.05) is 4.72 Å². The molecule has 0 aromatic heterocycles. The van der Waals surface area contributed by atoms with Gasteiger partial charge >= 0.3 is 5.97 Å². The van der Waals surface area contributed by atoms with Crippen molar-refractivity contribution < 1.29 is 22.3 Å². The van der Waals surface area contributed by atoms with Gasteiger partial charge in [0.25, 0.3) is 10.0 Å². The second-order valence-electron chi connectivity index (χ2n) is 6.08. The number of carbonyl (C=O) groups is 1. The fourth-order valence-corrected chi connectivity index (χ4v) is 4.31. The number of anilines is 1. The summed E-state index contributed by atoms with van der Waals surface area (Å²) >= 11 is 3.21. The Bertz CT molecular complexity index is 1150. The van der Waals surface area contributed by atoms with Crippen LogP contribution in [-0.4, -0.2) is 14.4 Å². The van der Waals surface area contributed by atoms with Gasteiger partial charge in [-0.15, -0.1) is 0 Å². The number of esters is 1. The molecule has 0 saturated carbocycles. The molecule has 29 heavy (non-hydrogen) atoms. The van der Waals surface area contributed by atoms with Crippen molar-refractivity contribution >= 4 is 37.6 Å². The Labute approximate surface area is 176 Å². The molecule has 0 amide bonds. The first-order valence-electron chi connectivity index (χ1n) is 8.68. The molecule has 1 N–H and O–H groups in total. The van der Waals surface area contributed by atoms with Gasteiger partial charge in [0.15, 0.2) is 5.75 Å². The van der Waals surface area contributed by atoms with Crippen LogP contribution >= 0.6 is 15.9 Å². The molecule has 0 unspecified atom stereocenters. The number of sulfonamides is 1. The summed E-state index contributed by atoms with van der Waals surface area (Å²) < 4.78 is 48.1. The van der Waals surface area contributed by atoms with Crippen molar-refractivity contribution in [1.82, 2.24) is 0 Å². The zero-order valence-corrected chi connectivity index (χ0v) is 17.8. The Kier molecular flexibility index (Phi) is 6.34. The molecule has 5 nitrogen and oxygen atoms in total.